The van der Waals surface area contributed by atoms with E-state index < -0.39 is 0 Å². The van der Waals surface area contributed by atoms with Gasteiger partial charge in [0, 0.05) is 6.04 Å². The molecule has 2 nitrogen and oxygen atoms in total. The lowest BCUT2D eigenvalue weighted by molar-refractivity contribution is -0.00616. The minimum absolute atomic E-state index is 0.402. The van der Waals surface area contributed by atoms with Crippen molar-refractivity contribution in [1.82, 2.24) is 0 Å². The van der Waals surface area contributed by atoms with E-state index in [1.165, 1.54) is 44.9 Å². The van der Waals surface area contributed by atoms with Gasteiger partial charge in [-0.15, -0.1) is 0 Å². The summed E-state index contributed by atoms with van der Waals surface area (Å²) >= 11 is 0. The van der Waals surface area contributed by atoms with Gasteiger partial charge in [0.25, 0.3) is 0 Å². The largest absolute Gasteiger partial charge is 0.378 e. The van der Waals surface area contributed by atoms with Crippen LogP contribution in [0.4, 0.5) is 0 Å². The smallest absolute Gasteiger partial charge is 0.0590 e. The quantitative estimate of drug-likeness (QED) is 0.798. The van der Waals surface area contributed by atoms with Crippen LogP contribution in [-0.4, -0.2) is 18.8 Å². The standard InChI is InChI=1S/C14H25NO/c15-13-2-1-3-14(8-13)16-9-12-7-10-4-5-11(12)6-10/h10-14H,1-9,15H2. The summed E-state index contributed by atoms with van der Waals surface area (Å²) in [6.45, 7) is 1.03. The fourth-order valence-corrected chi connectivity index (χ4v) is 4.17. The molecule has 0 aromatic heterocycles. The number of hydrogen-bond donors (Lipinski definition) is 1. The first kappa shape index (κ1) is 11.0. The predicted octanol–water partition coefficient (Wildman–Crippen LogP) is 2.71. The molecule has 16 heavy (non-hydrogen) atoms. The van der Waals surface area contributed by atoms with E-state index in [1.807, 2.05) is 0 Å². The number of nitrogens with two attached hydrogens (primary N) is 1. The van der Waals surface area contributed by atoms with Crippen LogP contribution in [0.25, 0.3) is 0 Å². The third-order valence-electron chi connectivity index (χ3n) is 5.10. The van der Waals surface area contributed by atoms with Gasteiger partial charge in [-0.1, -0.05) is 6.42 Å². The highest BCUT2D eigenvalue weighted by Crippen LogP contribution is 2.48. The minimum atomic E-state index is 0.402. The van der Waals surface area contributed by atoms with Crippen LogP contribution in [0.3, 0.4) is 0 Å². The first-order valence-corrected chi connectivity index (χ1v) is 7.18. The van der Waals surface area contributed by atoms with E-state index in [1.54, 1.807) is 0 Å². The zero-order valence-corrected chi connectivity index (χ0v) is 10.2. The van der Waals surface area contributed by atoms with Gasteiger partial charge in [0.2, 0.25) is 0 Å². The molecule has 3 aliphatic rings. The highest BCUT2D eigenvalue weighted by Gasteiger charge is 2.39. The van der Waals surface area contributed by atoms with Gasteiger partial charge >= 0.3 is 0 Å². The highest BCUT2D eigenvalue weighted by atomic mass is 16.5. The van der Waals surface area contributed by atoms with Gasteiger partial charge in [-0.2, -0.15) is 0 Å². The van der Waals surface area contributed by atoms with Gasteiger partial charge in [0.15, 0.2) is 0 Å². The van der Waals surface area contributed by atoms with Gasteiger partial charge in [-0.05, 0) is 62.7 Å². The molecule has 3 aliphatic carbocycles. The van der Waals surface area contributed by atoms with Crippen LogP contribution in [0.1, 0.15) is 51.4 Å². The van der Waals surface area contributed by atoms with Crippen molar-refractivity contribution in [2.24, 2.45) is 23.5 Å². The van der Waals surface area contributed by atoms with Crippen molar-refractivity contribution in [1.29, 1.82) is 0 Å². The van der Waals surface area contributed by atoms with E-state index in [0.717, 1.165) is 30.8 Å². The molecule has 0 heterocycles. The van der Waals surface area contributed by atoms with Gasteiger partial charge in [0.05, 0.1) is 12.7 Å². The molecule has 0 spiro atoms. The maximum absolute atomic E-state index is 6.11. The molecule has 2 N–H and O–H groups in total. The molecule has 0 amide bonds. The van der Waals surface area contributed by atoms with Crippen LogP contribution in [-0.2, 0) is 4.74 Å². The molecule has 5 atom stereocenters. The fourth-order valence-electron chi connectivity index (χ4n) is 4.17. The second-order valence-electron chi connectivity index (χ2n) is 6.32. The number of rotatable bonds is 3. The Morgan fingerprint density at radius 2 is 1.94 bits per heavy atom. The second-order valence-corrected chi connectivity index (χ2v) is 6.32. The molecule has 0 saturated heterocycles. The normalized spacial score (nSPS) is 47.4. The van der Waals surface area contributed by atoms with Crippen molar-refractivity contribution in [2.75, 3.05) is 6.61 Å². The summed E-state index contributed by atoms with van der Waals surface area (Å²) in [7, 11) is 0. The summed E-state index contributed by atoms with van der Waals surface area (Å²) in [6.07, 6.45) is 11.2. The summed E-state index contributed by atoms with van der Waals surface area (Å²) in [6, 6.07) is 0.402. The predicted molar refractivity (Wildman–Crippen MR) is 65.1 cm³/mol. The van der Waals surface area contributed by atoms with Crippen molar-refractivity contribution in [3.63, 3.8) is 0 Å². The lowest BCUT2D eigenvalue weighted by Crippen LogP contribution is -2.33. The lowest BCUT2D eigenvalue weighted by Gasteiger charge is -2.29. The van der Waals surface area contributed by atoms with E-state index in [-0.39, 0.29) is 0 Å². The fraction of sp³-hybridized carbons (Fsp3) is 1.00. The molecule has 0 aliphatic heterocycles. The topological polar surface area (TPSA) is 35.2 Å². The Bertz CT molecular complexity index is 243. The molecule has 2 bridgehead atoms. The van der Waals surface area contributed by atoms with Gasteiger partial charge in [0.1, 0.15) is 0 Å². The van der Waals surface area contributed by atoms with Gasteiger partial charge in [-0.25, -0.2) is 0 Å². The average Bonchev–Trinajstić information content (AvgIpc) is 2.88. The Hall–Kier alpha value is -0.0800. The van der Waals surface area contributed by atoms with E-state index >= 15 is 0 Å². The maximum Gasteiger partial charge on any atom is 0.0590 e. The molecule has 5 unspecified atom stereocenters. The zero-order valence-electron chi connectivity index (χ0n) is 10.2. The van der Waals surface area contributed by atoms with Crippen LogP contribution < -0.4 is 5.73 Å². The third-order valence-corrected chi connectivity index (χ3v) is 5.10. The van der Waals surface area contributed by atoms with Crippen molar-refractivity contribution in [3.8, 4) is 0 Å². The summed E-state index contributed by atoms with van der Waals surface area (Å²) < 4.78 is 6.11. The summed E-state index contributed by atoms with van der Waals surface area (Å²) in [4.78, 5) is 0. The SMILES string of the molecule is NC1CCCC(OCC2CC3CCC2C3)C1. The first-order valence-electron chi connectivity index (χ1n) is 7.18. The van der Waals surface area contributed by atoms with Crippen molar-refractivity contribution in [3.05, 3.63) is 0 Å². The van der Waals surface area contributed by atoms with E-state index in [9.17, 15) is 0 Å². The molecular weight excluding hydrogens is 198 g/mol. The zero-order chi connectivity index (χ0) is 11.0. The molecule has 3 rings (SSSR count). The maximum atomic E-state index is 6.11. The minimum Gasteiger partial charge on any atom is -0.378 e. The van der Waals surface area contributed by atoms with Crippen molar-refractivity contribution >= 4 is 0 Å². The first-order chi connectivity index (χ1) is 7.81. The molecule has 0 aromatic carbocycles. The Morgan fingerprint density at radius 1 is 1.00 bits per heavy atom. The van der Waals surface area contributed by atoms with Gasteiger partial charge in [-0.3, -0.25) is 0 Å². The number of hydrogen-bond acceptors (Lipinski definition) is 2. The highest BCUT2D eigenvalue weighted by molar-refractivity contribution is 4.90. The Kier molecular flexibility index (Phi) is 3.21. The molecule has 2 heteroatoms. The summed E-state index contributed by atoms with van der Waals surface area (Å²) in [5, 5.41) is 0. The van der Waals surface area contributed by atoms with Crippen molar-refractivity contribution < 1.29 is 4.74 Å². The Morgan fingerprint density at radius 3 is 2.62 bits per heavy atom. The van der Waals surface area contributed by atoms with Gasteiger partial charge < -0.3 is 10.5 Å². The Balaban J connectivity index is 1.42. The van der Waals surface area contributed by atoms with Crippen LogP contribution in [0.2, 0.25) is 0 Å². The molecule has 92 valence electrons. The third kappa shape index (κ3) is 2.28. The van der Waals surface area contributed by atoms with Crippen LogP contribution in [0.5, 0.6) is 0 Å². The monoisotopic (exact) mass is 223 g/mol. The lowest BCUT2D eigenvalue weighted by atomic mass is 9.89. The average molecular weight is 223 g/mol. The van der Waals surface area contributed by atoms with Crippen LogP contribution in [0, 0.1) is 17.8 Å². The molecule has 3 fully saturated rings. The van der Waals surface area contributed by atoms with Crippen LogP contribution in [0.15, 0.2) is 0 Å². The summed E-state index contributed by atoms with van der Waals surface area (Å²) in [5.74, 6) is 2.94. The summed E-state index contributed by atoms with van der Waals surface area (Å²) in [5.41, 5.74) is 5.99. The molecule has 0 radical (unpaired) electrons. The van der Waals surface area contributed by atoms with Crippen LogP contribution >= 0.6 is 0 Å². The van der Waals surface area contributed by atoms with E-state index in [2.05, 4.69) is 0 Å². The number of fused-ring (bicyclic) bond motifs is 2. The Labute approximate surface area is 98.9 Å². The molecular formula is C14H25NO. The second kappa shape index (κ2) is 4.66. The van der Waals surface area contributed by atoms with E-state index in [4.69, 9.17) is 10.5 Å². The molecule has 3 saturated carbocycles. The van der Waals surface area contributed by atoms with E-state index in [0.29, 0.717) is 12.1 Å². The molecule has 0 aromatic rings. The van der Waals surface area contributed by atoms with Crippen molar-refractivity contribution in [2.45, 2.75) is 63.5 Å². The number of ether oxygens (including phenoxy) is 1.